The van der Waals surface area contributed by atoms with Crippen molar-refractivity contribution in [2.75, 3.05) is 18.6 Å². The number of hydrogen-bond acceptors (Lipinski definition) is 4. The number of nitrogens with zero attached hydrogens (tertiary/aromatic N) is 2. The lowest BCUT2D eigenvalue weighted by atomic mass is 9.93. The van der Waals surface area contributed by atoms with Crippen molar-refractivity contribution in [2.45, 2.75) is 32.4 Å². The van der Waals surface area contributed by atoms with E-state index >= 15 is 0 Å². The Bertz CT molecular complexity index is 688. The molecule has 0 unspecified atom stereocenters. The van der Waals surface area contributed by atoms with Crippen LogP contribution in [-0.2, 0) is 16.1 Å². The largest absolute Gasteiger partial charge is 0.497 e. The number of rotatable bonds is 5. The van der Waals surface area contributed by atoms with Crippen molar-refractivity contribution in [3.05, 3.63) is 54.4 Å². The van der Waals surface area contributed by atoms with E-state index in [1.165, 1.54) is 0 Å². The van der Waals surface area contributed by atoms with Crippen LogP contribution in [0.3, 0.4) is 0 Å². The smallest absolute Gasteiger partial charge is 0.233 e. The molecule has 2 atom stereocenters. The quantitative estimate of drug-likeness (QED) is 0.837. The van der Waals surface area contributed by atoms with Crippen molar-refractivity contribution in [2.24, 2.45) is 5.92 Å². The summed E-state index contributed by atoms with van der Waals surface area (Å²) >= 11 is 0. The first-order valence-corrected chi connectivity index (χ1v) is 8.65. The Morgan fingerprint density at radius 2 is 1.96 bits per heavy atom. The topological polar surface area (TPSA) is 51.7 Å². The van der Waals surface area contributed by atoms with Crippen LogP contribution in [0, 0.1) is 5.92 Å². The number of pyridine rings is 1. The Kier molecular flexibility index (Phi) is 5.66. The fourth-order valence-electron chi connectivity index (χ4n) is 3.18. The Hall–Kier alpha value is -2.40. The van der Waals surface area contributed by atoms with Gasteiger partial charge in [-0.2, -0.15) is 0 Å². The highest BCUT2D eigenvalue weighted by molar-refractivity contribution is 5.95. The number of methoxy groups -OCH3 is 1. The number of carbonyl (C=O) groups is 1. The van der Waals surface area contributed by atoms with E-state index in [4.69, 9.17) is 9.47 Å². The zero-order valence-electron chi connectivity index (χ0n) is 14.7. The average Bonchev–Trinajstić information content (AvgIpc) is 2.67. The molecule has 0 saturated carbocycles. The molecular weight excluding hydrogens is 316 g/mol. The van der Waals surface area contributed by atoms with Gasteiger partial charge in [-0.1, -0.05) is 12.1 Å². The predicted octanol–water partition coefficient (Wildman–Crippen LogP) is 3.44. The molecule has 5 nitrogen and oxygen atoms in total. The van der Waals surface area contributed by atoms with E-state index in [0.717, 1.165) is 36.4 Å². The number of ether oxygens (including phenoxy) is 2. The monoisotopic (exact) mass is 340 g/mol. The molecule has 1 aliphatic heterocycles. The highest BCUT2D eigenvalue weighted by Crippen LogP contribution is 2.27. The van der Waals surface area contributed by atoms with Crippen LogP contribution in [-0.4, -0.2) is 30.7 Å². The van der Waals surface area contributed by atoms with Gasteiger partial charge in [-0.05, 0) is 49.6 Å². The summed E-state index contributed by atoms with van der Waals surface area (Å²) in [6.45, 7) is 3.23. The molecule has 3 rings (SSSR count). The molecule has 0 spiro atoms. The Balaban J connectivity index is 1.85. The van der Waals surface area contributed by atoms with Crippen molar-refractivity contribution in [3.63, 3.8) is 0 Å². The minimum absolute atomic E-state index is 0.0542. The minimum atomic E-state index is -0.111. The third-order valence-corrected chi connectivity index (χ3v) is 4.66. The summed E-state index contributed by atoms with van der Waals surface area (Å²) < 4.78 is 10.9. The summed E-state index contributed by atoms with van der Waals surface area (Å²) in [4.78, 5) is 19.1. The molecule has 132 valence electrons. The van der Waals surface area contributed by atoms with Crippen molar-refractivity contribution in [1.29, 1.82) is 0 Å². The van der Waals surface area contributed by atoms with Gasteiger partial charge < -0.3 is 14.4 Å². The zero-order chi connectivity index (χ0) is 17.6. The second-order valence-corrected chi connectivity index (χ2v) is 6.30. The van der Waals surface area contributed by atoms with E-state index in [1.54, 1.807) is 19.5 Å². The van der Waals surface area contributed by atoms with Crippen LogP contribution in [0.5, 0.6) is 5.75 Å². The maximum absolute atomic E-state index is 13.2. The van der Waals surface area contributed by atoms with Crippen LogP contribution in [0.25, 0.3) is 0 Å². The summed E-state index contributed by atoms with van der Waals surface area (Å²) in [5.41, 5.74) is 1.91. The lowest BCUT2D eigenvalue weighted by molar-refractivity contribution is -0.130. The number of hydrogen-bond donors (Lipinski definition) is 0. The molecule has 1 amide bonds. The van der Waals surface area contributed by atoms with Crippen LogP contribution in [0.4, 0.5) is 5.69 Å². The van der Waals surface area contributed by atoms with Gasteiger partial charge in [-0.15, -0.1) is 0 Å². The highest BCUT2D eigenvalue weighted by atomic mass is 16.5. The van der Waals surface area contributed by atoms with Gasteiger partial charge in [0.15, 0.2) is 0 Å². The normalized spacial score (nSPS) is 20.1. The van der Waals surface area contributed by atoms with E-state index in [2.05, 4.69) is 4.98 Å². The number of anilines is 1. The molecular formula is C20H24N2O3. The molecule has 1 aliphatic rings. The third-order valence-electron chi connectivity index (χ3n) is 4.66. The van der Waals surface area contributed by atoms with Crippen LogP contribution in [0.2, 0.25) is 0 Å². The van der Waals surface area contributed by atoms with Gasteiger partial charge in [-0.25, -0.2) is 0 Å². The van der Waals surface area contributed by atoms with Gasteiger partial charge in [0.1, 0.15) is 5.75 Å². The number of amides is 1. The summed E-state index contributed by atoms with van der Waals surface area (Å²) in [5, 5.41) is 0. The second kappa shape index (κ2) is 8.12. The van der Waals surface area contributed by atoms with E-state index < -0.39 is 0 Å². The lowest BCUT2D eigenvalue weighted by Gasteiger charge is -2.33. The summed E-state index contributed by atoms with van der Waals surface area (Å²) in [6.07, 6.45) is 5.16. The van der Waals surface area contributed by atoms with Gasteiger partial charge in [0.25, 0.3) is 0 Å². The molecule has 0 bridgehead atoms. The first-order chi connectivity index (χ1) is 12.2. The van der Waals surface area contributed by atoms with Gasteiger partial charge in [-0.3, -0.25) is 9.78 Å². The van der Waals surface area contributed by atoms with Crippen molar-refractivity contribution in [3.8, 4) is 5.75 Å². The van der Waals surface area contributed by atoms with Gasteiger partial charge >= 0.3 is 0 Å². The molecule has 2 aromatic rings. The first-order valence-electron chi connectivity index (χ1n) is 8.65. The molecule has 1 saturated heterocycles. The summed E-state index contributed by atoms with van der Waals surface area (Å²) in [5.74, 6) is 0.800. The summed E-state index contributed by atoms with van der Waals surface area (Å²) in [6, 6.07) is 11.5. The Morgan fingerprint density at radius 3 is 2.60 bits per heavy atom. The standard InChI is InChI=1S/C20H24N2O3/c1-15-19(4-3-13-25-15)20(23)22(17-9-11-21-12-10-17)14-16-5-7-18(24-2)8-6-16/h5-12,15,19H,3-4,13-14H2,1-2H3/t15-,19+/m0/s1. The maximum atomic E-state index is 13.2. The fraction of sp³-hybridized carbons (Fsp3) is 0.400. The van der Waals surface area contributed by atoms with E-state index in [9.17, 15) is 4.79 Å². The zero-order valence-corrected chi connectivity index (χ0v) is 14.7. The van der Waals surface area contributed by atoms with Crippen LogP contribution < -0.4 is 9.64 Å². The summed E-state index contributed by atoms with van der Waals surface area (Å²) in [7, 11) is 1.65. The fourth-order valence-corrected chi connectivity index (χ4v) is 3.18. The number of carbonyl (C=O) groups excluding carboxylic acids is 1. The molecule has 0 aliphatic carbocycles. The van der Waals surface area contributed by atoms with Crippen molar-refractivity contribution >= 4 is 11.6 Å². The molecule has 1 fully saturated rings. The Morgan fingerprint density at radius 1 is 1.24 bits per heavy atom. The van der Waals surface area contributed by atoms with E-state index in [0.29, 0.717) is 6.54 Å². The average molecular weight is 340 g/mol. The predicted molar refractivity (Wildman–Crippen MR) is 96.6 cm³/mol. The Labute approximate surface area is 148 Å². The lowest BCUT2D eigenvalue weighted by Crippen LogP contribution is -2.42. The molecule has 25 heavy (non-hydrogen) atoms. The van der Waals surface area contributed by atoms with Crippen LogP contribution >= 0.6 is 0 Å². The van der Waals surface area contributed by atoms with E-state index in [1.807, 2.05) is 48.2 Å². The number of benzene rings is 1. The van der Waals surface area contributed by atoms with Crippen LogP contribution in [0.1, 0.15) is 25.3 Å². The minimum Gasteiger partial charge on any atom is -0.497 e. The molecule has 0 N–H and O–H groups in total. The molecule has 5 heteroatoms. The number of aromatic nitrogens is 1. The van der Waals surface area contributed by atoms with E-state index in [-0.39, 0.29) is 17.9 Å². The molecule has 1 aromatic carbocycles. The SMILES string of the molecule is COc1ccc(CN(C(=O)[C@@H]2CCCO[C@H]2C)c2ccncc2)cc1. The van der Waals surface area contributed by atoms with Crippen LogP contribution in [0.15, 0.2) is 48.8 Å². The van der Waals surface area contributed by atoms with Crippen molar-refractivity contribution < 1.29 is 14.3 Å². The highest BCUT2D eigenvalue weighted by Gasteiger charge is 2.32. The second-order valence-electron chi connectivity index (χ2n) is 6.30. The third kappa shape index (κ3) is 4.17. The van der Waals surface area contributed by atoms with Gasteiger partial charge in [0.05, 0.1) is 25.7 Å². The maximum Gasteiger partial charge on any atom is 0.233 e. The molecule has 2 heterocycles. The van der Waals surface area contributed by atoms with Gasteiger partial charge in [0, 0.05) is 24.7 Å². The first kappa shape index (κ1) is 17.4. The van der Waals surface area contributed by atoms with Gasteiger partial charge in [0.2, 0.25) is 5.91 Å². The molecule has 0 radical (unpaired) electrons. The molecule has 1 aromatic heterocycles. The van der Waals surface area contributed by atoms with Crippen molar-refractivity contribution in [1.82, 2.24) is 4.98 Å².